The molecule has 3 rings (SSSR count). The van der Waals surface area contributed by atoms with E-state index in [-0.39, 0.29) is 23.0 Å². The molecule has 1 atom stereocenters. The Kier molecular flexibility index (Phi) is 3.69. The van der Waals surface area contributed by atoms with E-state index in [4.69, 9.17) is 22.1 Å². The number of rotatable bonds is 2. The standard InChI is InChI=1S/C14H11ClFN3O3/c15-8-3-9(16)5-10(4-8)22-11-1-7-2-12(17)14(20)19(21)13(7)18-6-11/h1,3-6,12,21H,2,17H2/t12-/m0/s1. The van der Waals surface area contributed by atoms with Gasteiger partial charge in [0, 0.05) is 23.1 Å². The van der Waals surface area contributed by atoms with Crippen molar-refractivity contribution < 1.29 is 19.1 Å². The van der Waals surface area contributed by atoms with Crippen LogP contribution >= 0.6 is 11.6 Å². The van der Waals surface area contributed by atoms with Crippen molar-refractivity contribution in [2.75, 3.05) is 5.06 Å². The minimum atomic E-state index is -0.849. The summed E-state index contributed by atoms with van der Waals surface area (Å²) < 4.78 is 18.8. The number of hydroxylamine groups is 1. The molecule has 6 nitrogen and oxygen atoms in total. The van der Waals surface area contributed by atoms with Crippen molar-refractivity contribution in [3.05, 3.63) is 46.9 Å². The Morgan fingerprint density at radius 1 is 1.36 bits per heavy atom. The van der Waals surface area contributed by atoms with Gasteiger partial charge in [0.1, 0.15) is 17.3 Å². The lowest BCUT2D eigenvalue weighted by molar-refractivity contribution is -0.125. The van der Waals surface area contributed by atoms with E-state index < -0.39 is 17.8 Å². The highest BCUT2D eigenvalue weighted by Gasteiger charge is 2.31. The first kappa shape index (κ1) is 14.7. The number of anilines is 1. The lowest BCUT2D eigenvalue weighted by atomic mass is 10.0. The molecule has 0 radical (unpaired) electrons. The number of halogens is 2. The number of amides is 1. The van der Waals surface area contributed by atoms with E-state index in [1.54, 1.807) is 6.07 Å². The van der Waals surface area contributed by atoms with Crippen LogP contribution in [0.5, 0.6) is 11.5 Å². The van der Waals surface area contributed by atoms with Gasteiger partial charge in [0.2, 0.25) is 0 Å². The number of hydrogen-bond acceptors (Lipinski definition) is 5. The molecular formula is C14H11ClFN3O3. The Balaban J connectivity index is 1.91. The van der Waals surface area contributed by atoms with Gasteiger partial charge in [-0.15, -0.1) is 0 Å². The number of carbonyl (C=O) groups is 1. The zero-order valence-electron chi connectivity index (χ0n) is 11.2. The van der Waals surface area contributed by atoms with Crippen molar-refractivity contribution in [2.24, 2.45) is 5.73 Å². The summed E-state index contributed by atoms with van der Waals surface area (Å²) in [6.07, 6.45) is 1.53. The topological polar surface area (TPSA) is 88.7 Å². The molecule has 1 aliphatic rings. The van der Waals surface area contributed by atoms with Gasteiger partial charge < -0.3 is 10.5 Å². The van der Waals surface area contributed by atoms with Crippen molar-refractivity contribution in [3.8, 4) is 11.5 Å². The Morgan fingerprint density at radius 3 is 2.86 bits per heavy atom. The lowest BCUT2D eigenvalue weighted by Gasteiger charge is -2.26. The second kappa shape index (κ2) is 5.53. The number of aromatic nitrogens is 1. The van der Waals surface area contributed by atoms with Gasteiger partial charge in [-0.1, -0.05) is 11.6 Å². The van der Waals surface area contributed by atoms with Gasteiger partial charge in [-0.25, -0.2) is 9.37 Å². The average Bonchev–Trinajstić information content (AvgIpc) is 2.43. The van der Waals surface area contributed by atoms with Gasteiger partial charge in [-0.3, -0.25) is 10.0 Å². The first-order valence-electron chi connectivity index (χ1n) is 6.35. The van der Waals surface area contributed by atoms with Crippen LogP contribution in [0.3, 0.4) is 0 Å². The monoisotopic (exact) mass is 323 g/mol. The molecule has 0 spiro atoms. The summed E-state index contributed by atoms with van der Waals surface area (Å²) in [5, 5.41) is 10.3. The van der Waals surface area contributed by atoms with Crippen LogP contribution in [0.1, 0.15) is 5.56 Å². The fourth-order valence-electron chi connectivity index (χ4n) is 2.19. The van der Waals surface area contributed by atoms with E-state index in [0.29, 0.717) is 16.4 Å². The van der Waals surface area contributed by atoms with Gasteiger partial charge >= 0.3 is 0 Å². The Labute approximate surface area is 129 Å². The fourth-order valence-corrected chi connectivity index (χ4v) is 2.40. The molecule has 0 bridgehead atoms. The third-order valence-corrected chi connectivity index (χ3v) is 3.37. The van der Waals surface area contributed by atoms with Crippen LogP contribution < -0.4 is 15.5 Å². The lowest BCUT2D eigenvalue weighted by Crippen LogP contribution is -2.47. The molecule has 0 saturated carbocycles. The normalized spacial score (nSPS) is 17.4. The summed E-state index contributed by atoms with van der Waals surface area (Å²) in [4.78, 5) is 15.5. The summed E-state index contributed by atoms with van der Waals surface area (Å²) in [6.45, 7) is 0. The molecular weight excluding hydrogens is 313 g/mol. The predicted octanol–water partition coefficient (Wildman–Crippen LogP) is 2.27. The number of pyridine rings is 1. The van der Waals surface area contributed by atoms with Crippen LogP contribution in [0.2, 0.25) is 5.02 Å². The summed E-state index contributed by atoms with van der Waals surface area (Å²) in [7, 11) is 0. The molecule has 2 aromatic rings. The van der Waals surface area contributed by atoms with Crippen LogP contribution in [-0.4, -0.2) is 22.1 Å². The summed E-state index contributed by atoms with van der Waals surface area (Å²) >= 11 is 5.76. The maximum Gasteiger partial charge on any atom is 0.269 e. The van der Waals surface area contributed by atoms with Crippen LogP contribution in [-0.2, 0) is 11.2 Å². The SMILES string of the molecule is N[C@H]1Cc2cc(Oc3cc(F)cc(Cl)c3)cnc2N(O)C1=O. The van der Waals surface area contributed by atoms with E-state index >= 15 is 0 Å². The van der Waals surface area contributed by atoms with E-state index in [0.717, 1.165) is 6.07 Å². The van der Waals surface area contributed by atoms with Crippen LogP contribution in [0.4, 0.5) is 10.2 Å². The number of carbonyl (C=O) groups excluding carboxylic acids is 1. The number of nitrogens with zero attached hydrogens (tertiary/aromatic N) is 2. The number of nitrogens with two attached hydrogens (primary N) is 1. The van der Waals surface area contributed by atoms with Crippen LogP contribution in [0.15, 0.2) is 30.5 Å². The molecule has 0 saturated heterocycles. The first-order chi connectivity index (χ1) is 10.4. The molecule has 0 unspecified atom stereocenters. The highest BCUT2D eigenvalue weighted by molar-refractivity contribution is 6.30. The molecule has 114 valence electrons. The molecule has 8 heteroatoms. The van der Waals surface area contributed by atoms with E-state index in [9.17, 15) is 14.4 Å². The van der Waals surface area contributed by atoms with Gasteiger partial charge in [0.15, 0.2) is 5.82 Å². The molecule has 3 N–H and O–H groups in total. The molecule has 22 heavy (non-hydrogen) atoms. The van der Waals surface area contributed by atoms with E-state index in [1.807, 2.05) is 0 Å². The second-order valence-corrected chi connectivity index (χ2v) is 5.26. The second-order valence-electron chi connectivity index (χ2n) is 4.82. The van der Waals surface area contributed by atoms with E-state index in [2.05, 4.69) is 4.98 Å². The molecule has 0 aliphatic carbocycles. The molecule has 0 fully saturated rings. The molecule has 2 heterocycles. The van der Waals surface area contributed by atoms with Crippen molar-refractivity contribution in [1.82, 2.24) is 4.98 Å². The van der Waals surface area contributed by atoms with Gasteiger partial charge in [-0.2, -0.15) is 5.06 Å². The van der Waals surface area contributed by atoms with Crippen molar-refractivity contribution in [1.29, 1.82) is 0 Å². The summed E-state index contributed by atoms with van der Waals surface area (Å²) in [6, 6.07) is 4.53. The Morgan fingerprint density at radius 2 is 2.14 bits per heavy atom. The van der Waals surface area contributed by atoms with Crippen molar-refractivity contribution in [2.45, 2.75) is 12.5 Å². The zero-order chi connectivity index (χ0) is 15.9. The maximum atomic E-state index is 13.3. The highest BCUT2D eigenvalue weighted by Crippen LogP contribution is 2.30. The largest absolute Gasteiger partial charge is 0.456 e. The van der Waals surface area contributed by atoms with Crippen LogP contribution in [0.25, 0.3) is 0 Å². The minimum absolute atomic E-state index is 0.108. The predicted molar refractivity (Wildman–Crippen MR) is 76.7 cm³/mol. The number of ether oxygens (including phenoxy) is 1. The molecule has 1 amide bonds. The van der Waals surface area contributed by atoms with Gasteiger partial charge in [-0.05, 0) is 18.2 Å². The van der Waals surface area contributed by atoms with Crippen LogP contribution in [0, 0.1) is 5.82 Å². The van der Waals surface area contributed by atoms with Gasteiger partial charge in [0.25, 0.3) is 5.91 Å². The number of fused-ring (bicyclic) bond motifs is 1. The third-order valence-electron chi connectivity index (χ3n) is 3.16. The fraction of sp³-hybridized carbons (Fsp3) is 0.143. The number of hydrogen-bond donors (Lipinski definition) is 2. The third kappa shape index (κ3) is 2.74. The molecule has 1 aromatic heterocycles. The summed E-state index contributed by atoms with van der Waals surface area (Å²) in [5.41, 5.74) is 6.19. The van der Waals surface area contributed by atoms with Crippen molar-refractivity contribution >= 4 is 23.3 Å². The maximum absolute atomic E-state index is 13.3. The minimum Gasteiger partial charge on any atom is -0.456 e. The molecule has 1 aromatic carbocycles. The Hall–Kier alpha value is -2.22. The van der Waals surface area contributed by atoms with Crippen molar-refractivity contribution in [3.63, 3.8) is 0 Å². The van der Waals surface area contributed by atoms with Gasteiger partial charge in [0.05, 0.1) is 12.2 Å². The molecule has 1 aliphatic heterocycles. The zero-order valence-corrected chi connectivity index (χ0v) is 11.9. The quantitative estimate of drug-likeness (QED) is 0.828. The summed E-state index contributed by atoms with van der Waals surface area (Å²) in [5.74, 6) is -0.511. The average molecular weight is 324 g/mol. The highest BCUT2D eigenvalue weighted by atomic mass is 35.5. The number of benzene rings is 1. The van der Waals surface area contributed by atoms with E-state index in [1.165, 1.54) is 18.3 Å². The Bertz CT molecular complexity index is 736. The first-order valence-corrected chi connectivity index (χ1v) is 6.73. The smallest absolute Gasteiger partial charge is 0.269 e.